The largest absolute Gasteiger partial charge is 0.396 e. The lowest BCUT2D eigenvalue weighted by molar-refractivity contribution is -0.386. The number of nitrogens with zero attached hydrogens (tertiary/aromatic N) is 1. The summed E-state index contributed by atoms with van der Waals surface area (Å²) < 4.78 is 23.1. The Morgan fingerprint density at radius 1 is 1.41 bits per heavy atom. The van der Waals surface area contributed by atoms with Gasteiger partial charge in [-0.1, -0.05) is 12.5 Å². The first-order valence-electron chi connectivity index (χ1n) is 7.02. The standard InChI is InChI=1S/C13H19N3O5S/c14-22(20,21)12-6-2-5-11(13(12)16(18)19)15-10-4-1-3-9(10)7-8-17/h2,5-6,9-10,15,17H,1,3-4,7-8H2,(H2,14,20,21). The molecule has 1 fully saturated rings. The summed E-state index contributed by atoms with van der Waals surface area (Å²) in [6.45, 7) is 0.0577. The van der Waals surface area contributed by atoms with E-state index in [9.17, 15) is 18.5 Å². The van der Waals surface area contributed by atoms with Crippen LogP contribution < -0.4 is 10.5 Å². The van der Waals surface area contributed by atoms with Gasteiger partial charge in [-0.05, 0) is 37.3 Å². The van der Waals surface area contributed by atoms with Crippen molar-refractivity contribution in [1.29, 1.82) is 0 Å². The van der Waals surface area contributed by atoms with E-state index in [2.05, 4.69) is 5.32 Å². The van der Waals surface area contributed by atoms with Crippen LogP contribution in [0.2, 0.25) is 0 Å². The first-order chi connectivity index (χ1) is 10.3. The van der Waals surface area contributed by atoms with E-state index in [-0.39, 0.29) is 24.3 Å². The first-order valence-corrected chi connectivity index (χ1v) is 8.57. The number of para-hydroxylation sites is 1. The molecule has 122 valence electrons. The second-order valence-electron chi connectivity index (χ2n) is 5.41. The van der Waals surface area contributed by atoms with Gasteiger partial charge in [-0.25, -0.2) is 13.6 Å². The van der Waals surface area contributed by atoms with Crippen LogP contribution in [0.1, 0.15) is 25.7 Å². The number of aliphatic hydroxyl groups is 1. The minimum absolute atomic E-state index is 0.0263. The van der Waals surface area contributed by atoms with E-state index in [0.29, 0.717) is 6.42 Å². The highest BCUT2D eigenvalue weighted by atomic mass is 32.2. The third kappa shape index (κ3) is 3.54. The van der Waals surface area contributed by atoms with Crippen LogP contribution in [0, 0.1) is 16.0 Å². The number of nitro groups is 1. The van der Waals surface area contributed by atoms with Gasteiger partial charge < -0.3 is 10.4 Å². The molecule has 0 aromatic heterocycles. The lowest BCUT2D eigenvalue weighted by Gasteiger charge is -2.21. The molecule has 0 radical (unpaired) electrons. The van der Waals surface area contributed by atoms with Crippen molar-refractivity contribution >= 4 is 21.4 Å². The van der Waals surface area contributed by atoms with Crippen molar-refractivity contribution < 1.29 is 18.4 Å². The molecular weight excluding hydrogens is 310 g/mol. The van der Waals surface area contributed by atoms with Crippen molar-refractivity contribution in [3.8, 4) is 0 Å². The highest BCUT2D eigenvalue weighted by Gasteiger charge is 2.31. The molecule has 0 amide bonds. The molecule has 1 aliphatic rings. The minimum atomic E-state index is -4.18. The van der Waals surface area contributed by atoms with Crippen LogP contribution in [0.4, 0.5) is 11.4 Å². The minimum Gasteiger partial charge on any atom is -0.396 e. The van der Waals surface area contributed by atoms with Crippen LogP contribution in [0.3, 0.4) is 0 Å². The van der Waals surface area contributed by atoms with E-state index in [1.807, 2.05) is 0 Å². The number of rotatable bonds is 6. The molecule has 0 heterocycles. The average molecular weight is 329 g/mol. The fourth-order valence-electron chi connectivity index (χ4n) is 2.99. The van der Waals surface area contributed by atoms with Gasteiger partial charge in [-0.2, -0.15) is 0 Å². The highest BCUT2D eigenvalue weighted by molar-refractivity contribution is 7.89. The lowest BCUT2D eigenvalue weighted by atomic mass is 9.99. The zero-order chi connectivity index (χ0) is 16.3. The number of anilines is 1. The Labute approximate surface area is 128 Å². The molecule has 4 N–H and O–H groups in total. The van der Waals surface area contributed by atoms with Crippen molar-refractivity contribution in [2.45, 2.75) is 36.6 Å². The molecule has 0 saturated heterocycles. The number of aliphatic hydroxyl groups excluding tert-OH is 1. The molecule has 1 aliphatic carbocycles. The third-order valence-electron chi connectivity index (χ3n) is 3.99. The smallest absolute Gasteiger partial charge is 0.312 e. The third-order valence-corrected chi connectivity index (χ3v) is 4.93. The lowest BCUT2D eigenvalue weighted by Crippen LogP contribution is -2.25. The molecule has 0 spiro atoms. The molecule has 22 heavy (non-hydrogen) atoms. The number of nitro benzene ring substituents is 1. The Morgan fingerprint density at radius 3 is 2.73 bits per heavy atom. The molecule has 1 saturated carbocycles. The zero-order valence-electron chi connectivity index (χ0n) is 11.9. The quantitative estimate of drug-likeness (QED) is 0.530. The summed E-state index contributed by atoms with van der Waals surface area (Å²) in [5.74, 6) is 0.211. The van der Waals surface area contributed by atoms with Gasteiger partial charge >= 0.3 is 5.69 Å². The number of sulfonamides is 1. The van der Waals surface area contributed by atoms with Crippen molar-refractivity contribution in [3.05, 3.63) is 28.3 Å². The summed E-state index contributed by atoms with van der Waals surface area (Å²) in [5.41, 5.74) is -0.383. The van der Waals surface area contributed by atoms with Gasteiger partial charge in [0.15, 0.2) is 4.90 Å². The van der Waals surface area contributed by atoms with Crippen molar-refractivity contribution in [1.82, 2.24) is 0 Å². The predicted octanol–water partition coefficient (Wildman–Crippen LogP) is 1.21. The van der Waals surface area contributed by atoms with E-state index in [1.54, 1.807) is 0 Å². The highest BCUT2D eigenvalue weighted by Crippen LogP contribution is 2.36. The summed E-state index contributed by atoms with van der Waals surface area (Å²) in [6.07, 6.45) is 3.33. The van der Waals surface area contributed by atoms with Gasteiger partial charge in [0.25, 0.3) is 0 Å². The summed E-state index contributed by atoms with van der Waals surface area (Å²) in [6, 6.07) is 3.99. The molecule has 8 nitrogen and oxygen atoms in total. The molecule has 9 heteroatoms. The van der Waals surface area contributed by atoms with Crippen LogP contribution in [-0.4, -0.2) is 31.1 Å². The molecular formula is C13H19N3O5S. The number of benzene rings is 1. The van der Waals surface area contributed by atoms with Gasteiger partial charge in [0.05, 0.1) is 4.92 Å². The van der Waals surface area contributed by atoms with Crippen LogP contribution in [-0.2, 0) is 10.0 Å². The Morgan fingerprint density at radius 2 is 2.14 bits per heavy atom. The summed E-state index contributed by atoms with van der Waals surface area (Å²) in [5, 5.41) is 28.5. The van der Waals surface area contributed by atoms with E-state index in [1.165, 1.54) is 12.1 Å². The van der Waals surface area contributed by atoms with Gasteiger partial charge in [0.2, 0.25) is 10.0 Å². The fraction of sp³-hybridized carbons (Fsp3) is 0.538. The monoisotopic (exact) mass is 329 g/mol. The molecule has 2 rings (SSSR count). The van der Waals surface area contributed by atoms with Crippen molar-refractivity contribution in [3.63, 3.8) is 0 Å². The molecule has 0 bridgehead atoms. The summed E-state index contributed by atoms with van der Waals surface area (Å²) in [7, 11) is -4.18. The topological polar surface area (TPSA) is 136 Å². The van der Waals surface area contributed by atoms with Crippen LogP contribution in [0.5, 0.6) is 0 Å². The number of hydrogen-bond acceptors (Lipinski definition) is 6. The summed E-state index contributed by atoms with van der Waals surface area (Å²) >= 11 is 0. The van der Waals surface area contributed by atoms with E-state index in [4.69, 9.17) is 10.2 Å². The summed E-state index contributed by atoms with van der Waals surface area (Å²) in [4.78, 5) is 10.0. The SMILES string of the molecule is NS(=O)(=O)c1cccc(NC2CCCC2CCO)c1[N+](=O)[O-]. The van der Waals surface area contributed by atoms with Crippen LogP contribution in [0.25, 0.3) is 0 Å². The normalized spacial score (nSPS) is 21.7. The Bertz CT molecular complexity index is 662. The van der Waals surface area contributed by atoms with Crippen LogP contribution in [0.15, 0.2) is 23.1 Å². The first kappa shape index (κ1) is 16.7. The Kier molecular flexibility index (Phi) is 4.99. The molecule has 2 atom stereocenters. The Balaban J connectivity index is 2.37. The second-order valence-corrected chi connectivity index (χ2v) is 6.94. The Hall–Kier alpha value is -1.71. The number of nitrogens with one attached hydrogen (secondary N) is 1. The average Bonchev–Trinajstić information content (AvgIpc) is 2.85. The van der Waals surface area contributed by atoms with Gasteiger partial charge in [0.1, 0.15) is 5.69 Å². The van der Waals surface area contributed by atoms with Gasteiger partial charge in [0, 0.05) is 12.6 Å². The maximum absolute atomic E-state index is 11.5. The molecule has 0 aliphatic heterocycles. The van der Waals surface area contributed by atoms with E-state index in [0.717, 1.165) is 25.3 Å². The number of primary sulfonamides is 1. The fourth-order valence-corrected chi connectivity index (χ4v) is 3.72. The number of nitrogens with two attached hydrogens (primary N) is 1. The van der Waals surface area contributed by atoms with Crippen molar-refractivity contribution in [2.75, 3.05) is 11.9 Å². The van der Waals surface area contributed by atoms with Crippen LogP contribution >= 0.6 is 0 Å². The molecule has 1 aromatic rings. The van der Waals surface area contributed by atoms with Gasteiger partial charge in [-0.15, -0.1) is 0 Å². The molecule has 1 aromatic carbocycles. The maximum atomic E-state index is 11.5. The van der Waals surface area contributed by atoms with Gasteiger partial charge in [-0.3, -0.25) is 10.1 Å². The maximum Gasteiger partial charge on any atom is 0.312 e. The number of hydrogen-bond donors (Lipinski definition) is 3. The van der Waals surface area contributed by atoms with E-state index < -0.39 is 25.5 Å². The van der Waals surface area contributed by atoms with E-state index >= 15 is 0 Å². The zero-order valence-corrected chi connectivity index (χ0v) is 12.8. The predicted molar refractivity (Wildman–Crippen MR) is 80.9 cm³/mol. The van der Waals surface area contributed by atoms with Crippen molar-refractivity contribution in [2.24, 2.45) is 11.1 Å². The second kappa shape index (κ2) is 6.59. The molecule has 2 unspecified atom stereocenters.